The zero-order chi connectivity index (χ0) is 11.9. The summed E-state index contributed by atoms with van der Waals surface area (Å²) >= 11 is 0. The maximum absolute atomic E-state index is 5.67. The molecule has 0 aliphatic rings. The third kappa shape index (κ3) is 3.07. The highest BCUT2D eigenvalue weighted by molar-refractivity contribution is 5.83. The molecule has 88 valence electrons. The lowest BCUT2D eigenvalue weighted by Gasteiger charge is -2.08. The van der Waals surface area contributed by atoms with E-state index in [1.54, 1.807) is 18.7 Å². The van der Waals surface area contributed by atoms with Gasteiger partial charge in [0, 0.05) is 18.0 Å². The zero-order valence-corrected chi connectivity index (χ0v) is 9.36. The molecular formula is C12H14N4O. The molecule has 0 bridgehead atoms. The smallest absolute Gasteiger partial charge is 0.128 e. The van der Waals surface area contributed by atoms with Gasteiger partial charge in [-0.05, 0) is 12.1 Å². The van der Waals surface area contributed by atoms with Crippen molar-refractivity contribution < 1.29 is 4.74 Å². The van der Waals surface area contributed by atoms with Gasteiger partial charge in [-0.3, -0.25) is 0 Å². The van der Waals surface area contributed by atoms with E-state index < -0.39 is 0 Å². The number of hydrogen-bond donors (Lipinski definition) is 1. The Morgan fingerprint density at radius 2 is 2.29 bits per heavy atom. The Morgan fingerprint density at radius 3 is 3.06 bits per heavy atom. The van der Waals surface area contributed by atoms with Crippen LogP contribution < -0.4 is 10.6 Å². The Morgan fingerprint density at radius 1 is 1.41 bits per heavy atom. The SMILES string of the molecule is NN=Cc1ccccc1OCCn1ccnc1. The molecule has 0 radical (unpaired) electrons. The first kappa shape index (κ1) is 11.2. The summed E-state index contributed by atoms with van der Waals surface area (Å²) in [7, 11) is 0. The third-order valence-electron chi connectivity index (χ3n) is 2.30. The fourth-order valence-corrected chi connectivity index (χ4v) is 1.48. The number of imidazole rings is 1. The number of hydrogen-bond acceptors (Lipinski definition) is 4. The van der Waals surface area contributed by atoms with Crippen molar-refractivity contribution in [2.75, 3.05) is 6.61 Å². The molecule has 1 aromatic carbocycles. The first-order valence-electron chi connectivity index (χ1n) is 5.31. The van der Waals surface area contributed by atoms with Crippen LogP contribution in [0.3, 0.4) is 0 Å². The van der Waals surface area contributed by atoms with Crippen molar-refractivity contribution in [2.45, 2.75) is 6.54 Å². The molecule has 0 spiro atoms. The number of nitrogens with zero attached hydrogens (tertiary/aromatic N) is 3. The van der Waals surface area contributed by atoms with Crippen LogP contribution in [-0.4, -0.2) is 22.4 Å². The highest BCUT2D eigenvalue weighted by Crippen LogP contribution is 2.15. The van der Waals surface area contributed by atoms with Gasteiger partial charge in [-0.1, -0.05) is 12.1 Å². The molecular weight excluding hydrogens is 216 g/mol. The van der Waals surface area contributed by atoms with Crippen LogP contribution in [0.2, 0.25) is 0 Å². The van der Waals surface area contributed by atoms with Crippen LogP contribution >= 0.6 is 0 Å². The van der Waals surface area contributed by atoms with Crippen molar-refractivity contribution in [3.8, 4) is 5.75 Å². The number of aromatic nitrogens is 2. The fourth-order valence-electron chi connectivity index (χ4n) is 1.48. The second-order valence-corrected chi connectivity index (χ2v) is 3.46. The summed E-state index contributed by atoms with van der Waals surface area (Å²) in [6.07, 6.45) is 6.98. The fraction of sp³-hybridized carbons (Fsp3) is 0.167. The van der Waals surface area contributed by atoms with E-state index in [0.29, 0.717) is 6.61 Å². The number of nitrogens with two attached hydrogens (primary N) is 1. The van der Waals surface area contributed by atoms with Crippen LogP contribution in [0.1, 0.15) is 5.56 Å². The van der Waals surface area contributed by atoms with Crippen molar-refractivity contribution >= 4 is 6.21 Å². The summed E-state index contributed by atoms with van der Waals surface area (Å²) in [6.45, 7) is 1.33. The van der Waals surface area contributed by atoms with Gasteiger partial charge >= 0.3 is 0 Å². The molecule has 2 rings (SSSR count). The van der Waals surface area contributed by atoms with Crippen molar-refractivity contribution in [1.82, 2.24) is 9.55 Å². The predicted molar refractivity (Wildman–Crippen MR) is 65.9 cm³/mol. The van der Waals surface area contributed by atoms with Gasteiger partial charge in [0.15, 0.2) is 0 Å². The Hall–Kier alpha value is -2.30. The highest BCUT2D eigenvalue weighted by atomic mass is 16.5. The van der Waals surface area contributed by atoms with Gasteiger partial charge in [0.2, 0.25) is 0 Å². The van der Waals surface area contributed by atoms with Crippen LogP contribution in [0, 0.1) is 0 Å². The molecule has 0 unspecified atom stereocenters. The van der Waals surface area contributed by atoms with Gasteiger partial charge in [-0.15, -0.1) is 0 Å². The van der Waals surface area contributed by atoms with Crippen LogP contribution in [0.25, 0.3) is 0 Å². The number of para-hydroxylation sites is 1. The van der Waals surface area contributed by atoms with Gasteiger partial charge in [0.25, 0.3) is 0 Å². The number of rotatable bonds is 5. The van der Waals surface area contributed by atoms with E-state index in [1.165, 1.54) is 0 Å². The van der Waals surface area contributed by atoms with Crippen molar-refractivity contribution in [2.24, 2.45) is 10.9 Å². The Bertz CT molecular complexity index is 479. The second kappa shape index (κ2) is 5.69. The average molecular weight is 230 g/mol. The van der Waals surface area contributed by atoms with Crippen LogP contribution in [0.4, 0.5) is 0 Å². The van der Waals surface area contributed by atoms with Crippen molar-refractivity contribution in [1.29, 1.82) is 0 Å². The van der Waals surface area contributed by atoms with Gasteiger partial charge in [-0.2, -0.15) is 5.10 Å². The summed E-state index contributed by atoms with van der Waals surface area (Å²) < 4.78 is 7.63. The lowest BCUT2D eigenvalue weighted by Crippen LogP contribution is -2.07. The Kier molecular flexibility index (Phi) is 3.75. The molecule has 17 heavy (non-hydrogen) atoms. The number of benzene rings is 1. The summed E-state index contributed by atoms with van der Waals surface area (Å²) in [5.74, 6) is 5.92. The summed E-state index contributed by atoms with van der Waals surface area (Å²) in [5, 5.41) is 3.50. The maximum Gasteiger partial charge on any atom is 0.128 e. The molecule has 2 N–H and O–H groups in total. The van der Waals surface area contributed by atoms with Gasteiger partial charge in [-0.25, -0.2) is 4.98 Å². The monoisotopic (exact) mass is 230 g/mol. The van der Waals surface area contributed by atoms with Gasteiger partial charge < -0.3 is 15.1 Å². The van der Waals surface area contributed by atoms with Gasteiger partial charge in [0.05, 0.1) is 19.1 Å². The van der Waals surface area contributed by atoms with E-state index in [9.17, 15) is 0 Å². The Labute approximate surface area is 99.5 Å². The minimum Gasteiger partial charge on any atom is -0.491 e. The molecule has 5 heteroatoms. The first-order chi connectivity index (χ1) is 8.40. The minimum absolute atomic E-state index is 0.575. The zero-order valence-electron chi connectivity index (χ0n) is 9.36. The van der Waals surface area contributed by atoms with E-state index >= 15 is 0 Å². The van der Waals surface area contributed by atoms with E-state index in [1.807, 2.05) is 35.0 Å². The molecule has 0 fully saturated rings. The third-order valence-corrected chi connectivity index (χ3v) is 2.30. The Balaban J connectivity index is 1.94. The average Bonchev–Trinajstić information content (AvgIpc) is 2.85. The molecule has 0 aliphatic carbocycles. The molecule has 2 aromatic rings. The topological polar surface area (TPSA) is 65.4 Å². The van der Waals surface area contributed by atoms with E-state index in [4.69, 9.17) is 10.6 Å². The molecule has 0 saturated heterocycles. The molecule has 0 aliphatic heterocycles. The quantitative estimate of drug-likeness (QED) is 0.477. The predicted octanol–water partition coefficient (Wildman–Crippen LogP) is 1.25. The molecule has 0 amide bonds. The molecule has 0 saturated carbocycles. The molecule has 1 aromatic heterocycles. The molecule has 1 heterocycles. The first-order valence-corrected chi connectivity index (χ1v) is 5.31. The van der Waals surface area contributed by atoms with Crippen molar-refractivity contribution in [3.63, 3.8) is 0 Å². The summed E-state index contributed by atoms with van der Waals surface area (Å²) in [6, 6.07) is 7.63. The highest BCUT2D eigenvalue weighted by Gasteiger charge is 2.00. The molecule has 5 nitrogen and oxygen atoms in total. The lowest BCUT2D eigenvalue weighted by molar-refractivity contribution is 0.298. The van der Waals surface area contributed by atoms with Crippen LogP contribution in [0.5, 0.6) is 5.75 Å². The lowest BCUT2D eigenvalue weighted by atomic mass is 10.2. The van der Waals surface area contributed by atoms with E-state index in [0.717, 1.165) is 17.9 Å². The normalized spacial score (nSPS) is 10.8. The summed E-state index contributed by atoms with van der Waals surface area (Å²) in [4.78, 5) is 3.96. The van der Waals surface area contributed by atoms with E-state index in [2.05, 4.69) is 10.1 Å². The van der Waals surface area contributed by atoms with E-state index in [-0.39, 0.29) is 0 Å². The number of ether oxygens (including phenoxy) is 1. The van der Waals surface area contributed by atoms with Crippen LogP contribution in [-0.2, 0) is 6.54 Å². The maximum atomic E-state index is 5.67. The summed E-state index contributed by atoms with van der Waals surface area (Å²) in [5.41, 5.74) is 0.876. The second-order valence-electron chi connectivity index (χ2n) is 3.46. The van der Waals surface area contributed by atoms with Crippen LogP contribution in [0.15, 0.2) is 48.1 Å². The molecule has 0 atom stereocenters. The minimum atomic E-state index is 0.575. The number of hydrazone groups is 1. The van der Waals surface area contributed by atoms with Gasteiger partial charge in [0.1, 0.15) is 12.4 Å². The van der Waals surface area contributed by atoms with Crippen molar-refractivity contribution in [3.05, 3.63) is 48.5 Å². The largest absolute Gasteiger partial charge is 0.491 e. The standard InChI is InChI=1S/C12H14N4O/c13-15-9-11-3-1-2-4-12(11)17-8-7-16-6-5-14-10-16/h1-6,9-10H,7-8,13H2.